The largest absolute Gasteiger partial charge is 0.497 e. The van der Waals surface area contributed by atoms with Crippen LogP contribution in [0.15, 0.2) is 54.6 Å². The standard InChI is InChI=1S/C19H16N2O3/c1-24-14-8-6-12(7-9-14)11-21-18(22)15-10-13-4-2-3-5-16(13)20-17(15)19(21)23/h2-10,19,23H,11H2,1H3. The predicted octanol–water partition coefficient (Wildman–Crippen LogP) is 2.89. The molecule has 2 aromatic carbocycles. The topological polar surface area (TPSA) is 62.7 Å². The average Bonchev–Trinajstić information content (AvgIpc) is 2.85. The molecule has 0 saturated carbocycles. The van der Waals surface area contributed by atoms with E-state index in [0.29, 0.717) is 17.8 Å². The number of methoxy groups -OCH3 is 1. The van der Waals surface area contributed by atoms with Gasteiger partial charge in [0, 0.05) is 11.9 Å². The number of carbonyl (C=O) groups is 1. The van der Waals surface area contributed by atoms with Crippen molar-refractivity contribution in [3.05, 3.63) is 71.4 Å². The van der Waals surface area contributed by atoms with Crippen molar-refractivity contribution in [1.82, 2.24) is 9.88 Å². The summed E-state index contributed by atoms with van der Waals surface area (Å²) < 4.78 is 5.14. The smallest absolute Gasteiger partial charge is 0.258 e. The normalized spacial score (nSPS) is 16.5. The highest BCUT2D eigenvalue weighted by molar-refractivity contribution is 6.01. The zero-order valence-corrected chi connectivity index (χ0v) is 13.1. The number of ether oxygens (including phenoxy) is 1. The molecule has 1 N–H and O–H groups in total. The molecule has 3 aromatic rings. The Kier molecular flexibility index (Phi) is 3.43. The number of carbonyl (C=O) groups excluding carboxylic acids is 1. The van der Waals surface area contributed by atoms with Gasteiger partial charge in [-0.2, -0.15) is 0 Å². The SMILES string of the molecule is COc1ccc(CN2C(=O)c3cc4ccccc4nc3C2O)cc1. The maximum Gasteiger partial charge on any atom is 0.258 e. The number of hydrogen-bond donors (Lipinski definition) is 1. The van der Waals surface area contributed by atoms with E-state index in [1.165, 1.54) is 4.90 Å². The lowest BCUT2D eigenvalue weighted by atomic mass is 10.1. The Labute approximate surface area is 139 Å². The molecular formula is C19H16N2O3. The fourth-order valence-electron chi connectivity index (χ4n) is 3.00. The van der Waals surface area contributed by atoms with Crippen LogP contribution in [-0.4, -0.2) is 28.0 Å². The Morgan fingerprint density at radius 1 is 1.17 bits per heavy atom. The molecule has 0 fully saturated rings. The molecule has 1 atom stereocenters. The Morgan fingerprint density at radius 3 is 2.67 bits per heavy atom. The van der Waals surface area contributed by atoms with Gasteiger partial charge in [-0.3, -0.25) is 4.79 Å². The number of para-hydroxylation sites is 1. The summed E-state index contributed by atoms with van der Waals surface area (Å²) in [6.07, 6.45) is -1.03. The average molecular weight is 320 g/mol. The summed E-state index contributed by atoms with van der Waals surface area (Å²) >= 11 is 0. The van der Waals surface area contributed by atoms with Crippen molar-refractivity contribution in [3.63, 3.8) is 0 Å². The van der Waals surface area contributed by atoms with E-state index in [2.05, 4.69) is 4.98 Å². The second-order valence-electron chi connectivity index (χ2n) is 5.77. The third-order valence-corrected chi connectivity index (χ3v) is 4.30. The molecule has 1 aliphatic rings. The quantitative estimate of drug-likeness (QED) is 0.806. The van der Waals surface area contributed by atoms with Gasteiger partial charge in [0.25, 0.3) is 5.91 Å². The molecule has 0 spiro atoms. The Morgan fingerprint density at radius 2 is 1.92 bits per heavy atom. The lowest BCUT2D eigenvalue weighted by Crippen LogP contribution is -2.27. The van der Waals surface area contributed by atoms with Crippen LogP contribution >= 0.6 is 0 Å². The number of rotatable bonds is 3. The van der Waals surface area contributed by atoms with Crippen molar-refractivity contribution < 1.29 is 14.6 Å². The van der Waals surface area contributed by atoms with Crippen LogP contribution in [0.1, 0.15) is 27.8 Å². The van der Waals surface area contributed by atoms with Crippen molar-refractivity contribution in [2.24, 2.45) is 0 Å². The first-order valence-electron chi connectivity index (χ1n) is 7.69. The fourth-order valence-corrected chi connectivity index (χ4v) is 3.00. The number of hydrogen-bond acceptors (Lipinski definition) is 4. The monoisotopic (exact) mass is 320 g/mol. The molecule has 1 aliphatic heterocycles. The minimum Gasteiger partial charge on any atom is -0.497 e. The molecule has 5 nitrogen and oxygen atoms in total. The molecule has 24 heavy (non-hydrogen) atoms. The van der Waals surface area contributed by atoms with Crippen LogP contribution in [0.4, 0.5) is 0 Å². The summed E-state index contributed by atoms with van der Waals surface area (Å²) in [7, 11) is 1.61. The van der Waals surface area contributed by atoms with Gasteiger partial charge in [0.1, 0.15) is 11.4 Å². The number of aromatic nitrogens is 1. The number of benzene rings is 2. The molecule has 120 valence electrons. The van der Waals surface area contributed by atoms with Gasteiger partial charge in [-0.15, -0.1) is 0 Å². The first-order valence-corrected chi connectivity index (χ1v) is 7.69. The predicted molar refractivity (Wildman–Crippen MR) is 89.6 cm³/mol. The summed E-state index contributed by atoms with van der Waals surface area (Å²) in [5.74, 6) is 0.551. The third kappa shape index (κ3) is 2.30. The van der Waals surface area contributed by atoms with Gasteiger partial charge in [0.05, 0.1) is 18.2 Å². The highest BCUT2D eigenvalue weighted by Gasteiger charge is 2.37. The van der Waals surface area contributed by atoms with E-state index in [-0.39, 0.29) is 5.91 Å². The maximum atomic E-state index is 12.7. The highest BCUT2D eigenvalue weighted by Crippen LogP contribution is 2.33. The lowest BCUT2D eigenvalue weighted by molar-refractivity contribution is 0.0120. The van der Waals surface area contributed by atoms with E-state index >= 15 is 0 Å². The van der Waals surface area contributed by atoms with Crippen LogP contribution in [0.25, 0.3) is 10.9 Å². The van der Waals surface area contributed by atoms with Gasteiger partial charge in [-0.25, -0.2) is 4.98 Å². The summed E-state index contributed by atoms with van der Waals surface area (Å²) in [6.45, 7) is 0.316. The third-order valence-electron chi connectivity index (χ3n) is 4.30. The van der Waals surface area contributed by atoms with E-state index in [9.17, 15) is 9.90 Å². The number of fused-ring (bicyclic) bond motifs is 2. The van der Waals surface area contributed by atoms with Gasteiger partial charge >= 0.3 is 0 Å². The van der Waals surface area contributed by atoms with Gasteiger partial charge in [-0.05, 0) is 29.8 Å². The van der Waals surface area contributed by atoms with E-state index in [0.717, 1.165) is 22.2 Å². The molecule has 1 unspecified atom stereocenters. The Balaban J connectivity index is 1.67. The molecule has 0 aliphatic carbocycles. The zero-order chi connectivity index (χ0) is 16.7. The first-order chi connectivity index (χ1) is 11.7. The molecule has 1 amide bonds. The zero-order valence-electron chi connectivity index (χ0n) is 13.1. The summed E-state index contributed by atoms with van der Waals surface area (Å²) in [5, 5.41) is 11.4. The van der Waals surface area contributed by atoms with Crippen molar-refractivity contribution >= 4 is 16.8 Å². The molecule has 0 saturated heterocycles. The van der Waals surface area contributed by atoms with Crippen molar-refractivity contribution in [2.45, 2.75) is 12.8 Å². The first kappa shape index (κ1) is 14.7. The highest BCUT2D eigenvalue weighted by atomic mass is 16.5. The summed E-state index contributed by atoms with van der Waals surface area (Å²) in [5.41, 5.74) is 2.58. The van der Waals surface area contributed by atoms with Crippen molar-refractivity contribution in [3.8, 4) is 5.75 Å². The number of pyridine rings is 1. The van der Waals surface area contributed by atoms with Crippen molar-refractivity contribution in [1.29, 1.82) is 0 Å². The van der Waals surface area contributed by atoms with Crippen LogP contribution < -0.4 is 4.74 Å². The summed E-state index contributed by atoms with van der Waals surface area (Å²) in [6, 6.07) is 16.8. The van der Waals surface area contributed by atoms with Gasteiger partial charge in [0.2, 0.25) is 0 Å². The van der Waals surface area contributed by atoms with E-state index < -0.39 is 6.23 Å². The number of amides is 1. The van der Waals surface area contributed by atoms with Gasteiger partial charge in [-0.1, -0.05) is 30.3 Å². The fraction of sp³-hybridized carbons (Fsp3) is 0.158. The number of aliphatic hydroxyl groups excluding tert-OH is 1. The maximum absolute atomic E-state index is 12.7. The number of nitrogens with zero attached hydrogens (tertiary/aromatic N) is 2. The van der Waals surface area contributed by atoms with Crippen LogP contribution in [0, 0.1) is 0 Å². The van der Waals surface area contributed by atoms with Gasteiger partial charge < -0.3 is 14.7 Å². The van der Waals surface area contributed by atoms with E-state index in [1.54, 1.807) is 13.2 Å². The van der Waals surface area contributed by atoms with E-state index in [1.807, 2.05) is 48.5 Å². The number of aliphatic hydroxyl groups is 1. The molecule has 4 rings (SSSR count). The summed E-state index contributed by atoms with van der Waals surface area (Å²) in [4.78, 5) is 18.6. The minimum absolute atomic E-state index is 0.202. The Hall–Kier alpha value is -2.92. The van der Waals surface area contributed by atoms with Crippen molar-refractivity contribution in [2.75, 3.05) is 7.11 Å². The van der Waals surface area contributed by atoms with Crippen LogP contribution in [0.5, 0.6) is 5.75 Å². The second-order valence-corrected chi connectivity index (χ2v) is 5.77. The van der Waals surface area contributed by atoms with E-state index in [4.69, 9.17) is 4.74 Å². The minimum atomic E-state index is -1.03. The molecule has 0 bridgehead atoms. The molecule has 5 heteroatoms. The molecule has 2 heterocycles. The van der Waals surface area contributed by atoms with Crippen LogP contribution in [0.2, 0.25) is 0 Å². The second kappa shape index (κ2) is 5.62. The molecule has 1 aromatic heterocycles. The van der Waals surface area contributed by atoms with Gasteiger partial charge in [0.15, 0.2) is 6.23 Å². The van der Waals surface area contributed by atoms with Crippen LogP contribution in [-0.2, 0) is 6.54 Å². The van der Waals surface area contributed by atoms with Crippen LogP contribution in [0.3, 0.4) is 0 Å². The lowest BCUT2D eigenvalue weighted by Gasteiger charge is -2.20. The molecular weight excluding hydrogens is 304 g/mol. The Bertz CT molecular complexity index is 922. The molecule has 0 radical (unpaired) electrons.